The second kappa shape index (κ2) is 12.8. The number of hydrogen-bond donors (Lipinski definition) is 0. The summed E-state index contributed by atoms with van der Waals surface area (Å²) >= 11 is 6.34. The molecular weight excluding hydrogens is 602 g/mol. The lowest BCUT2D eigenvalue weighted by Crippen LogP contribution is -2.52. The maximum absolute atomic E-state index is 13.6. The van der Waals surface area contributed by atoms with E-state index < -0.39 is 60.4 Å². The van der Waals surface area contributed by atoms with Crippen LogP contribution in [0.3, 0.4) is 0 Å². The summed E-state index contributed by atoms with van der Waals surface area (Å²) in [4.78, 5) is 29.4. The summed E-state index contributed by atoms with van der Waals surface area (Å²) in [5.41, 5.74) is -2.56. The highest BCUT2D eigenvalue weighted by molar-refractivity contribution is 6.30. The quantitative estimate of drug-likeness (QED) is 0.308. The molecule has 1 aliphatic carbocycles. The second-order valence-corrected chi connectivity index (χ2v) is 11.7. The average molecular weight is 635 g/mol. The molecule has 4 rings (SSSR count). The molecule has 2 atom stereocenters. The summed E-state index contributed by atoms with van der Waals surface area (Å²) in [7, 11) is 1.08. The Hall–Kier alpha value is -3.15. The van der Waals surface area contributed by atoms with Gasteiger partial charge < -0.3 is 9.47 Å². The number of ether oxygens (including phenoxy) is 2. The predicted octanol–water partition coefficient (Wildman–Crippen LogP) is 9.39. The van der Waals surface area contributed by atoms with Crippen molar-refractivity contribution in [3.05, 3.63) is 63.7 Å². The lowest BCUT2D eigenvalue weighted by molar-refractivity contribution is -0.143. The average Bonchev–Trinajstić information content (AvgIpc) is 2.93. The van der Waals surface area contributed by atoms with E-state index in [0.29, 0.717) is 23.4 Å². The maximum atomic E-state index is 13.6. The molecular formula is C30H33ClF6N2O4. The van der Waals surface area contributed by atoms with Gasteiger partial charge in [0.15, 0.2) is 0 Å². The molecule has 0 aromatic heterocycles. The molecule has 1 heterocycles. The second-order valence-electron chi connectivity index (χ2n) is 11.2. The Labute approximate surface area is 250 Å². The Bertz CT molecular complexity index is 1290. The molecule has 43 heavy (non-hydrogen) atoms. The lowest BCUT2D eigenvalue weighted by Gasteiger charge is -2.47. The van der Waals surface area contributed by atoms with Gasteiger partial charge in [-0.25, -0.2) is 9.59 Å². The molecule has 1 fully saturated rings. The first-order chi connectivity index (χ1) is 20.1. The van der Waals surface area contributed by atoms with Gasteiger partial charge in [-0.15, -0.1) is 0 Å². The van der Waals surface area contributed by atoms with Crippen LogP contribution in [0.1, 0.15) is 80.7 Å². The number of hydrogen-bond acceptors (Lipinski definition) is 4. The summed E-state index contributed by atoms with van der Waals surface area (Å²) < 4.78 is 92.3. The molecule has 2 unspecified atom stereocenters. The lowest BCUT2D eigenvalue weighted by atomic mass is 9.77. The summed E-state index contributed by atoms with van der Waals surface area (Å²) in [5.74, 6) is 0.0182. The van der Waals surface area contributed by atoms with Gasteiger partial charge in [-0.3, -0.25) is 9.80 Å². The van der Waals surface area contributed by atoms with Crippen molar-refractivity contribution in [3.63, 3.8) is 0 Å². The van der Waals surface area contributed by atoms with Crippen molar-refractivity contribution >= 4 is 29.5 Å². The number of rotatable bonds is 5. The Kier molecular flexibility index (Phi) is 9.78. The van der Waals surface area contributed by atoms with E-state index in [2.05, 4.69) is 0 Å². The standard InChI is InChI=1S/C30H33ClF6N2O4/c1-17(2)43-28(41)39-24-10-9-22(31)14-23(24)26(15-25(39)19-7-5-4-6-8-19)38(27(40)42-3)16-18-11-20(29(32,33)34)13-21(12-18)30(35,36)37/h9-14,17,19,25-26H,4-8,15-16H2,1-3H3. The number of methoxy groups -OCH3 is 1. The normalized spacial score (nSPS) is 19.7. The van der Waals surface area contributed by atoms with Gasteiger partial charge in [0.05, 0.1) is 36.1 Å². The zero-order valence-electron chi connectivity index (χ0n) is 23.9. The van der Waals surface area contributed by atoms with Gasteiger partial charge in [0.25, 0.3) is 0 Å². The third kappa shape index (κ3) is 7.50. The first-order valence-corrected chi connectivity index (χ1v) is 14.4. The molecule has 2 aliphatic rings. The summed E-state index contributed by atoms with van der Waals surface area (Å²) in [5, 5.41) is 0.264. The van der Waals surface area contributed by atoms with E-state index in [9.17, 15) is 35.9 Å². The van der Waals surface area contributed by atoms with E-state index in [1.165, 1.54) is 6.07 Å². The largest absolute Gasteiger partial charge is 0.453 e. The first-order valence-electron chi connectivity index (χ1n) is 14.0. The Balaban J connectivity index is 1.85. The SMILES string of the molecule is COC(=O)N(Cc1cc(C(F)(F)F)cc(C(F)(F)F)c1)C1CC(C2CCCCC2)N(C(=O)OC(C)C)c2ccc(Cl)cc21. The van der Waals surface area contributed by atoms with Crippen molar-refractivity contribution in [2.75, 3.05) is 12.0 Å². The van der Waals surface area contributed by atoms with Gasteiger partial charge in [-0.2, -0.15) is 26.3 Å². The smallest absolute Gasteiger partial charge is 0.416 e. The predicted molar refractivity (Wildman–Crippen MR) is 148 cm³/mol. The van der Waals surface area contributed by atoms with Crippen LogP contribution in [0.5, 0.6) is 0 Å². The summed E-state index contributed by atoms with van der Waals surface area (Å²) in [6, 6.07) is 4.60. The molecule has 0 radical (unpaired) electrons. The molecule has 2 amide bonds. The minimum absolute atomic E-state index is 0.0182. The molecule has 0 N–H and O–H groups in total. The van der Waals surface area contributed by atoms with Gasteiger partial charge in [0, 0.05) is 23.2 Å². The molecule has 2 aromatic carbocycles. The van der Waals surface area contributed by atoms with Crippen molar-refractivity contribution in [3.8, 4) is 0 Å². The van der Waals surface area contributed by atoms with Crippen molar-refractivity contribution in [2.45, 2.75) is 89.5 Å². The molecule has 236 valence electrons. The number of fused-ring (bicyclic) bond motifs is 1. The zero-order valence-corrected chi connectivity index (χ0v) is 24.7. The monoisotopic (exact) mass is 634 g/mol. The van der Waals surface area contributed by atoms with E-state index in [1.54, 1.807) is 30.9 Å². The van der Waals surface area contributed by atoms with Crippen molar-refractivity contribution in [2.24, 2.45) is 5.92 Å². The molecule has 13 heteroatoms. The number of carbonyl (C=O) groups is 2. The van der Waals surface area contributed by atoms with E-state index in [0.717, 1.165) is 44.1 Å². The molecule has 1 aliphatic heterocycles. The highest BCUT2D eigenvalue weighted by Gasteiger charge is 2.45. The van der Waals surface area contributed by atoms with Crippen LogP contribution in [0.15, 0.2) is 36.4 Å². The fourth-order valence-electron chi connectivity index (χ4n) is 6.09. The van der Waals surface area contributed by atoms with Crippen molar-refractivity contribution < 1.29 is 45.4 Å². The number of carbonyl (C=O) groups excluding carboxylic acids is 2. The molecule has 6 nitrogen and oxygen atoms in total. The van der Waals surface area contributed by atoms with Gasteiger partial charge in [-0.1, -0.05) is 30.9 Å². The van der Waals surface area contributed by atoms with Crippen LogP contribution in [0.25, 0.3) is 0 Å². The number of alkyl halides is 6. The van der Waals surface area contributed by atoms with Crippen LogP contribution in [-0.2, 0) is 28.4 Å². The molecule has 2 aromatic rings. The van der Waals surface area contributed by atoms with Gasteiger partial charge in [0.2, 0.25) is 0 Å². The van der Waals surface area contributed by atoms with Gasteiger partial charge >= 0.3 is 24.5 Å². The summed E-state index contributed by atoms with van der Waals surface area (Å²) in [6.45, 7) is 2.81. The third-order valence-corrected chi connectivity index (χ3v) is 8.15. The Morgan fingerprint density at radius 3 is 2.12 bits per heavy atom. The van der Waals surface area contributed by atoms with E-state index >= 15 is 0 Å². The Morgan fingerprint density at radius 1 is 0.977 bits per heavy atom. The number of benzene rings is 2. The fourth-order valence-corrected chi connectivity index (χ4v) is 6.27. The van der Waals surface area contributed by atoms with Gasteiger partial charge in [0.1, 0.15) is 0 Å². The first kappa shape index (κ1) is 32.8. The van der Waals surface area contributed by atoms with Crippen LogP contribution in [0, 0.1) is 5.92 Å². The zero-order chi connectivity index (χ0) is 31.7. The molecule has 0 spiro atoms. The van der Waals surface area contributed by atoms with Crippen LogP contribution in [-0.4, -0.2) is 36.3 Å². The molecule has 0 saturated heterocycles. The van der Waals surface area contributed by atoms with Crippen LogP contribution in [0.2, 0.25) is 5.02 Å². The van der Waals surface area contributed by atoms with Gasteiger partial charge in [-0.05, 0) is 81.0 Å². The molecule has 0 bridgehead atoms. The van der Waals surface area contributed by atoms with Crippen LogP contribution < -0.4 is 4.90 Å². The highest BCUT2D eigenvalue weighted by atomic mass is 35.5. The summed E-state index contributed by atoms with van der Waals surface area (Å²) in [6.07, 6.45) is -7.46. The number of amides is 2. The number of anilines is 1. The minimum atomic E-state index is -5.06. The van der Waals surface area contributed by atoms with E-state index in [4.69, 9.17) is 21.1 Å². The van der Waals surface area contributed by atoms with Crippen molar-refractivity contribution in [1.82, 2.24) is 4.90 Å². The highest BCUT2D eigenvalue weighted by Crippen LogP contribution is 2.47. The Morgan fingerprint density at radius 2 is 1.58 bits per heavy atom. The third-order valence-electron chi connectivity index (χ3n) is 7.92. The van der Waals surface area contributed by atoms with E-state index in [1.807, 2.05) is 0 Å². The maximum Gasteiger partial charge on any atom is 0.416 e. The van der Waals surface area contributed by atoms with Crippen LogP contribution >= 0.6 is 11.6 Å². The fraction of sp³-hybridized carbons (Fsp3) is 0.533. The van der Waals surface area contributed by atoms with Crippen LogP contribution in [0.4, 0.5) is 41.6 Å². The van der Waals surface area contributed by atoms with Crippen molar-refractivity contribution in [1.29, 1.82) is 0 Å². The number of halogens is 7. The topological polar surface area (TPSA) is 59.1 Å². The minimum Gasteiger partial charge on any atom is -0.453 e. The number of nitrogens with zero attached hydrogens (tertiary/aromatic N) is 2. The van der Waals surface area contributed by atoms with E-state index in [-0.39, 0.29) is 29.0 Å². The molecule has 1 saturated carbocycles.